The minimum atomic E-state index is -1.17. The van der Waals surface area contributed by atoms with Gasteiger partial charge in [0.15, 0.2) is 17.4 Å². The van der Waals surface area contributed by atoms with Crippen molar-refractivity contribution < 1.29 is 19.8 Å². The van der Waals surface area contributed by atoms with Crippen LogP contribution in [0.1, 0.15) is 12.8 Å². The topological polar surface area (TPSA) is 101 Å². The Hall–Kier alpha value is -0.568. The number of rotatable bonds is 4. The summed E-state index contributed by atoms with van der Waals surface area (Å²) in [5.74, 6) is -2.20. The van der Waals surface area contributed by atoms with Gasteiger partial charge in [0.2, 0.25) is 0 Å². The lowest BCUT2D eigenvalue weighted by Crippen LogP contribution is -2.30. The molecule has 6 heteroatoms. The molecule has 1 atom stereocenters. The van der Waals surface area contributed by atoms with E-state index in [9.17, 15) is 9.59 Å². The van der Waals surface area contributed by atoms with Crippen molar-refractivity contribution in [3.63, 3.8) is 0 Å². The summed E-state index contributed by atoms with van der Waals surface area (Å²) >= 11 is 0. The Bertz CT molecular complexity index is 149. The van der Waals surface area contributed by atoms with Crippen LogP contribution in [-0.2, 0) is 9.59 Å². The van der Waals surface area contributed by atoms with Gasteiger partial charge in [0, 0.05) is 6.42 Å². The molecule has 0 aromatic carbocycles. The number of carboxylic acids is 2. The van der Waals surface area contributed by atoms with Gasteiger partial charge in [-0.25, -0.2) is 0 Å². The first kappa shape index (κ1) is 13.1. The van der Waals surface area contributed by atoms with Gasteiger partial charge in [-0.1, -0.05) is 0 Å². The summed E-state index contributed by atoms with van der Waals surface area (Å²) in [5, 5.41) is 16.3. The van der Waals surface area contributed by atoms with Crippen LogP contribution in [0.3, 0.4) is 0 Å². The average molecular weight is 177 g/mol. The molecule has 0 aliphatic carbocycles. The SMILES string of the molecule is NC(CCC(=O)O)C(=O)O.[AlH3]. The molecule has 0 aliphatic rings. The molecule has 0 rings (SSSR count). The van der Waals surface area contributed by atoms with E-state index in [-0.39, 0.29) is 30.2 Å². The first-order valence-electron chi connectivity index (χ1n) is 2.74. The van der Waals surface area contributed by atoms with Gasteiger partial charge in [0.05, 0.1) is 0 Å². The highest BCUT2D eigenvalue weighted by molar-refractivity contribution is 5.75. The summed E-state index contributed by atoms with van der Waals surface area (Å²) in [5.41, 5.74) is 5.00. The van der Waals surface area contributed by atoms with Gasteiger partial charge in [0.1, 0.15) is 6.04 Å². The molecule has 0 heterocycles. The number of carbonyl (C=O) groups is 2. The third-order valence-corrected chi connectivity index (χ3v) is 0.986. The highest BCUT2D eigenvalue weighted by Crippen LogP contribution is 1.93. The zero-order valence-electron chi connectivity index (χ0n) is 5.28. The Kier molecular flexibility index (Phi) is 7.31. The molecule has 0 amide bonds. The van der Waals surface area contributed by atoms with Crippen LogP contribution in [0.15, 0.2) is 0 Å². The molecule has 0 aromatic heterocycles. The molecule has 0 aromatic rings. The van der Waals surface area contributed by atoms with Gasteiger partial charge in [-0.15, -0.1) is 0 Å². The third kappa shape index (κ3) is 7.33. The van der Waals surface area contributed by atoms with Gasteiger partial charge < -0.3 is 15.9 Å². The van der Waals surface area contributed by atoms with Gasteiger partial charge in [0.25, 0.3) is 0 Å². The highest BCUT2D eigenvalue weighted by atomic mass is 27.0. The number of nitrogens with two attached hydrogens (primary N) is 1. The number of carboxylic acid groups (broad SMARTS) is 2. The quantitative estimate of drug-likeness (QED) is 0.434. The van der Waals surface area contributed by atoms with Crippen molar-refractivity contribution in [2.75, 3.05) is 0 Å². The van der Waals surface area contributed by atoms with Crippen LogP contribution in [0, 0.1) is 0 Å². The highest BCUT2D eigenvalue weighted by Gasteiger charge is 2.12. The second kappa shape index (κ2) is 6.16. The first-order valence-corrected chi connectivity index (χ1v) is 2.74. The van der Waals surface area contributed by atoms with Gasteiger partial charge in [-0.05, 0) is 6.42 Å². The fourth-order valence-corrected chi connectivity index (χ4v) is 0.402. The maximum absolute atomic E-state index is 9.99. The molecule has 0 saturated carbocycles. The van der Waals surface area contributed by atoms with E-state index in [1.54, 1.807) is 0 Å². The van der Waals surface area contributed by atoms with E-state index < -0.39 is 18.0 Å². The summed E-state index contributed by atoms with van der Waals surface area (Å²) in [6.45, 7) is 0. The van der Waals surface area contributed by atoms with Crippen LogP contribution in [0.5, 0.6) is 0 Å². The van der Waals surface area contributed by atoms with E-state index in [1.165, 1.54) is 0 Å². The normalized spacial score (nSPS) is 11.4. The lowest BCUT2D eigenvalue weighted by atomic mass is 10.2. The summed E-state index contributed by atoms with van der Waals surface area (Å²) in [6, 6.07) is -1.06. The monoisotopic (exact) mass is 177 g/mol. The van der Waals surface area contributed by atoms with Crippen molar-refractivity contribution in [1.82, 2.24) is 0 Å². The molecule has 0 saturated heterocycles. The minimum Gasteiger partial charge on any atom is -0.481 e. The molecule has 0 fully saturated rings. The summed E-state index contributed by atoms with van der Waals surface area (Å²) in [6.07, 6.45) is -0.224. The molecule has 0 aliphatic heterocycles. The van der Waals surface area contributed by atoms with Crippen molar-refractivity contribution in [3.05, 3.63) is 0 Å². The Morgan fingerprint density at radius 3 is 2.09 bits per heavy atom. The van der Waals surface area contributed by atoms with Crippen LogP contribution in [-0.4, -0.2) is 45.6 Å². The van der Waals surface area contributed by atoms with E-state index in [1.807, 2.05) is 0 Å². The van der Waals surface area contributed by atoms with Crippen LogP contribution in [0.4, 0.5) is 0 Å². The molecule has 5 nitrogen and oxygen atoms in total. The predicted molar refractivity (Wildman–Crippen MR) is 42.4 cm³/mol. The zero-order valence-corrected chi connectivity index (χ0v) is 5.28. The minimum absolute atomic E-state index is 0. The van der Waals surface area contributed by atoms with Gasteiger partial charge >= 0.3 is 11.9 Å². The van der Waals surface area contributed by atoms with Crippen molar-refractivity contribution in [3.8, 4) is 0 Å². The lowest BCUT2D eigenvalue weighted by molar-refractivity contribution is -0.139. The third-order valence-electron chi connectivity index (χ3n) is 0.986. The Morgan fingerprint density at radius 2 is 1.82 bits per heavy atom. The van der Waals surface area contributed by atoms with Crippen molar-refractivity contribution in [1.29, 1.82) is 0 Å². The molecule has 0 spiro atoms. The van der Waals surface area contributed by atoms with Crippen LogP contribution in [0.25, 0.3) is 0 Å². The van der Waals surface area contributed by atoms with E-state index in [4.69, 9.17) is 15.9 Å². The smallest absolute Gasteiger partial charge is 0.320 e. The van der Waals surface area contributed by atoms with E-state index in [0.29, 0.717) is 0 Å². The maximum atomic E-state index is 9.99. The molecule has 4 N–H and O–H groups in total. The van der Waals surface area contributed by atoms with Gasteiger partial charge in [-0.2, -0.15) is 0 Å². The largest absolute Gasteiger partial charge is 0.481 e. The number of aliphatic carboxylic acids is 2. The second-order valence-corrected chi connectivity index (χ2v) is 1.88. The molecule has 0 radical (unpaired) electrons. The standard InChI is InChI=1S/C5H9NO4.Al.3H/c6-3(5(9)10)1-2-4(7)8;;;;/h3H,1-2,6H2,(H,7,8)(H,9,10);;;;. The fraction of sp³-hybridized carbons (Fsp3) is 0.600. The van der Waals surface area contributed by atoms with Gasteiger partial charge in [-0.3, -0.25) is 9.59 Å². The summed E-state index contributed by atoms with van der Waals surface area (Å²) in [4.78, 5) is 19.9. The molecule has 11 heavy (non-hydrogen) atoms. The lowest BCUT2D eigenvalue weighted by Gasteiger charge is -2.01. The molecule has 1 unspecified atom stereocenters. The molecular weight excluding hydrogens is 165 g/mol. The predicted octanol–water partition coefficient (Wildman–Crippen LogP) is -1.92. The molecule has 0 bridgehead atoms. The zero-order chi connectivity index (χ0) is 8.15. The Morgan fingerprint density at radius 1 is 1.36 bits per heavy atom. The van der Waals surface area contributed by atoms with E-state index in [0.717, 1.165) is 0 Å². The Balaban J connectivity index is 0. The molecule has 64 valence electrons. The van der Waals surface area contributed by atoms with Crippen LogP contribution >= 0.6 is 0 Å². The number of hydrogen-bond acceptors (Lipinski definition) is 3. The van der Waals surface area contributed by atoms with Crippen molar-refractivity contribution >= 4 is 29.3 Å². The maximum Gasteiger partial charge on any atom is 0.320 e. The van der Waals surface area contributed by atoms with E-state index >= 15 is 0 Å². The first-order chi connectivity index (χ1) is 4.54. The molecular formula is C5H12AlNO4. The summed E-state index contributed by atoms with van der Waals surface area (Å²) < 4.78 is 0. The average Bonchev–Trinajstić information content (AvgIpc) is 1.82. The van der Waals surface area contributed by atoms with Crippen molar-refractivity contribution in [2.45, 2.75) is 18.9 Å². The summed E-state index contributed by atoms with van der Waals surface area (Å²) in [7, 11) is 0. The van der Waals surface area contributed by atoms with E-state index in [2.05, 4.69) is 0 Å². The van der Waals surface area contributed by atoms with Crippen molar-refractivity contribution in [2.24, 2.45) is 5.73 Å². The second-order valence-electron chi connectivity index (χ2n) is 1.88. The number of hydrogen-bond donors (Lipinski definition) is 3. The fourth-order valence-electron chi connectivity index (χ4n) is 0.402. The van der Waals surface area contributed by atoms with Crippen LogP contribution < -0.4 is 5.73 Å². The Labute approximate surface area is 74.3 Å². The van der Waals surface area contributed by atoms with Crippen LogP contribution in [0.2, 0.25) is 0 Å².